The van der Waals surface area contributed by atoms with Gasteiger partial charge in [0.15, 0.2) is 0 Å². The average Bonchev–Trinajstić information content (AvgIpc) is 2.42. The third-order valence-electron chi connectivity index (χ3n) is 4.31. The van der Waals surface area contributed by atoms with Crippen molar-refractivity contribution in [2.45, 2.75) is 31.2 Å². The van der Waals surface area contributed by atoms with Gasteiger partial charge in [0.1, 0.15) is 11.6 Å². The summed E-state index contributed by atoms with van der Waals surface area (Å²) in [6, 6.07) is 11.0. The Morgan fingerprint density at radius 3 is 2.24 bits per heavy atom. The monoisotopic (exact) mass is 288 g/mol. The molecule has 0 radical (unpaired) electrons. The van der Waals surface area contributed by atoms with E-state index in [2.05, 4.69) is 5.43 Å². The van der Waals surface area contributed by atoms with Gasteiger partial charge in [0.25, 0.3) is 0 Å². The fourth-order valence-electron chi connectivity index (χ4n) is 2.98. The molecule has 1 atom stereocenters. The van der Waals surface area contributed by atoms with Crippen LogP contribution in [0.4, 0.5) is 8.78 Å². The lowest BCUT2D eigenvalue weighted by Gasteiger charge is -2.30. The standard InChI is InChI=1S/C17H18F2N2/c18-14-9-4-10-15(19)16(14)17(21-20)13-8-2-1-7-12(13)11-5-3-6-11/h1-2,4,7-11,17,21H,3,5-6,20H2. The van der Waals surface area contributed by atoms with Crippen molar-refractivity contribution in [3.8, 4) is 0 Å². The van der Waals surface area contributed by atoms with Gasteiger partial charge in [-0.15, -0.1) is 0 Å². The molecular formula is C17H18F2N2. The van der Waals surface area contributed by atoms with E-state index < -0.39 is 17.7 Å². The fraction of sp³-hybridized carbons (Fsp3) is 0.294. The fourth-order valence-corrected chi connectivity index (χ4v) is 2.98. The van der Waals surface area contributed by atoms with Gasteiger partial charge in [0.2, 0.25) is 0 Å². The van der Waals surface area contributed by atoms with Crippen LogP contribution < -0.4 is 11.3 Å². The van der Waals surface area contributed by atoms with Crippen LogP contribution in [0, 0.1) is 11.6 Å². The first kappa shape index (κ1) is 14.2. The second-order valence-electron chi connectivity index (χ2n) is 5.49. The van der Waals surface area contributed by atoms with Gasteiger partial charge in [-0.3, -0.25) is 5.84 Å². The Balaban J connectivity index is 2.08. The van der Waals surface area contributed by atoms with Crippen molar-refractivity contribution >= 4 is 0 Å². The quantitative estimate of drug-likeness (QED) is 0.663. The van der Waals surface area contributed by atoms with E-state index in [0.29, 0.717) is 5.92 Å². The number of nitrogens with two attached hydrogens (primary N) is 1. The van der Waals surface area contributed by atoms with Gasteiger partial charge in [-0.2, -0.15) is 0 Å². The largest absolute Gasteiger partial charge is 0.271 e. The predicted octanol–water partition coefficient (Wildman–Crippen LogP) is 3.79. The second kappa shape index (κ2) is 5.92. The van der Waals surface area contributed by atoms with Gasteiger partial charge in [-0.25, -0.2) is 14.2 Å². The van der Waals surface area contributed by atoms with E-state index >= 15 is 0 Å². The predicted molar refractivity (Wildman–Crippen MR) is 78.6 cm³/mol. The zero-order valence-electron chi connectivity index (χ0n) is 11.7. The summed E-state index contributed by atoms with van der Waals surface area (Å²) in [6.07, 6.45) is 3.44. The molecule has 3 N–H and O–H groups in total. The lowest BCUT2D eigenvalue weighted by atomic mass is 9.76. The van der Waals surface area contributed by atoms with E-state index in [0.717, 1.165) is 24.0 Å². The van der Waals surface area contributed by atoms with Gasteiger partial charge < -0.3 is 0 Å². The van der Waals surface area contributed by atoms with Crippen molar-refractivity contribution < 1.29 is 8.78 Å². The molecule has 2 aromatic carbocycles. The Morgan fingerprint density at radius 1 is 1.00 bits per heavy atom. The van der Waals surface area contributed by atoms with Crippen LogP contribution in [0.5, 0.6) is 0 Å². The highest BCUT2D eigenvalue weighted by Crippen LogP contribution is 2.40. The molecule has 110 valence electrons. The molecule has 0 heterocycles. The Labute approximate surface area is 122 Å². The summed E-state index contributed by atoms with van der Waals surface area (Å²) in [7, 11) is 0. The van der Waals surface area contributed by atoms with E-state index in [1.165, 1.54) is 24.6 Å². The molecule has 1 saturated carbocycles. The van der Waals surface area contributed by atoms with E-state index in [1.807, 2.05) is 24.3 Å². The topological polar surface area (TPSA) is 38.0 Å². The zero-order valence-corrected chi connectivity index (χ0v) is 11.7. The number of hydrogen-bond acceptors (Lipinski definition) is 2. The molecule has 0 aliphatic heterocycles. The van der Waals surface area contributed by atoms with Crippen molar-refractivity contribution in [2.75, 3.05) is 0 Å². The van der Waals surface area contributed by atoms with Crippen LogP contribution in [-0.2, 0) is 0 Å². The highest BCUT2D eigenvalue weighted by atomic mass is 19.1. The van der Waals surface area contributed by atoms with Crippen LogP contribution in [0.3, 0.4) is 0 Å². The highest BCUT2D eigenvalue weighted by molar-refractivity contribution is 5.40. The lowest BCUT2D eigenvalue weighted by Crippen LogP contribution is -2.31. The number of hydrogen-bond donors (Lipinski definition) is 2. The van der Waals surface area contributed by atoms with Crippen molar-refractivity contribution in [3.63, 3.8) is 0 Å². The summed E-state index contributed by atoms with van der Waals surface area (Å²) in [4.78, 5) is 0. The molecule has 0 aromatic heterocycles. The number of hydrazine groups is 1. The van der Waals surface area contributed by atoms with Gasteiger partial charge in [0.05, 0.1) is 6.04 Å². The normalized spacial score (nSPS) is 16.5. The maximum atomic E-state index is 14.1. The van der Waals surface area contributed by atoms with Crippen molar-refractivity contribution in [3.05, 3.63) is 70.8 Å². The van der Waals surface area contributed by atoms with Gasteiger partial charge in [0, 0.05) is 5.56 Å². The first-order valence-corrected chi connectivity index (χ1v) is 7.21. The summed E-state index contributed by atoms with van der Waals surface area (Å²) < 4.78 is 28.1. The molecule has 3 rings (SSSR count). The van der Waals surface area contributed by atoms with Crippen LogP contribution in [0.25, 0.3) is 0 Å². The third-order valence-corrected chi connectivity index (χ3v) is 4.31. The summed E-state index contributed by atoms with van der Waals surface area (Å²) >= 11 is 0. The summed E-state index contributed by atoms with van der Waals surface area (Å²) in [5, 5.41) is 0. The van der Waals surface area contributed by atoms with Gasteiger partial charge in [-0.1, -0.05) is 36.8 Å². The molecule has 1 aliphatic rings. The average molecular weight is 288 g/mol. The molecule has 0 bridgehead atoms. The smallest absolute Gasteiger partial charge is 0.131 e. The maximum Gasteiger partial charge on any atom is 0.131 e. The highest BCUT2D eigenvalue weighted by Gasteiger charge is 2.27. The minimum atomic E-state index is -0.678. The summed E-state index contributed by atoms with van der Waals surface area (Å²) in [6.45, 7) is 0. The molecule has 21 heavy (non-hydrogen) atoms. The van der Waals surface area contributed by atoms with Crippen LogP contribution >= 0.6 is 0 Å². The number of halogens is 2. The van der Waals surface area contributed by atoms with Gasteiger partial charge in [-0.05, 0) is 42.0 Å². The van der Waals surface area contributed by atoms with E-state index in [-0.39, 0.29) is 5.56 Å². The maximum absolute atomic E-state index is 14.1. The molecule has 0 spiro atoms. The van der Waals surface area contributed by atoms with E-state index in [1.54, 1.807) is 0 Å². The Bertz CT molecular complexity index is 618. The Hall–Kier alpha value is -1.78. The zero-order chi connectivity index (χ0) is 14.8. The minimum absolute atomic E-state index is 0.0215. The number of nitrogens with one attached hydrogen (secondary N) is 1. The van der Waals surface area contributed by atoms with E-state index in [4.69, 9.17) is 5.84 Å². The van der Waals surface area contributed by atoms with Gasteiger partial charge >= 0.3 is 0 Å². The summed E-state index contributed by atoms with van der Waals surface area (Å²) in [5.74, 6) is 4.92. The molecule has 1 aliphatic carbocycles. The van der Waals surface area contributed by atoms with E-state index in [9.17, 15) is 8.78 Å². The second-order valence-corrected chi connectivity index (χ2v) is 5.49. The molecule has 4 heteroatoms. The van der Waals surface area contributed by atoms with Crippen molar-refractivity contribution in [2.24, 2.45) is 5.84 Å². The molecular weight excluding hydrogens is 270 g/mol. The van der Waals surface area contributed by atoms with Crippen molar-refractivity contribution in [1.82, 2.24) is 5.43 Å². The minimum Gasteiger partial charge on any atom is -0.271 e. The van der Waals surface area contributed by atoms with Crippen LogP contribution in [0.15, 0.2) is 42.5 Å². The number of rotatable bonds is 4. The molecule has 2 nitrogen and oxygen atoms in total. The molecule has 2 aromatic rings. The van der Waals surface area contributed by atoms with Crippen LogP contribution in [0.2, 0.25) is 0 Å². The first-order valence-electron chi connectivity index (χ1n) is 7.21. The molecule has 0 amide bonds. The SMILES string of the molecule is NNC(c1ccccc1C1CCC1)c1c(F)cccc1F. The Morgan fingerprint density at radius 2 is 1.67 bits per heavy atom. The van der Waals surface area contributed by atoms with Crippen molar-refractivity contribution in [1.29, 1.82) is 0 Å². The first-order chi connectivity index (χ1) is 10.2. The lowest BCUT2D eigenvalue weighted by molar-refractivity contribution is 0.412. The van der Waals surface area contributed by atoms with Crippen LogP contribution in [0.1, 0.15) is 47.9 Å². The summed E-state index contributed by atoms with van der Waals surface area (Å²) in [5.41, 5.74) is 4.55. The third kappa shape index (κ3) is 2.57. The molecule has 1 unspecified atom stereocenters. The molecule has 1 fully saturated rings. The Kier molecular flexibility index (Phi) is 3.99. The molecule has 0 saturated heterocycles. The van der Waals surface area contributed by atoms with Crippen LogP contribution in [-0.4, -0.2) is 0 Å². The number of benzene rings is 2.